The Morgan fingerprint density at radius 2 is 2.16 bits per heavy atom. The molecule has 2 rings (SSSR count). The molecule has 0 aliphatic heterocycles. The zero-order valence-electron chi connectivity index (χ0n) is 10.3. The molecule has 98 valence electrons. The molecule has 0 aliphatic carbocycles. The second kappa shape index (κ2) is 5.26. The number of rotatable bonds is 4. The van der Waals surface area contributed by atoms with Crippen molar-refractivity contribution in [3.63, 3.8) is 0 Å². The third kappa shape index (κ3) is 3.02. The minimum absolute atomic E-state index is 0.120. The van der Waals surface area contributed by atoms with Gasteiger partial charge in [-0.2, -0.15) is 5.26 Å². The lowest BCUT2D eigenvalue weighted by Gasteiger charge is -2.08. The van der Waals surface area contributed by atoms with Crippen molar-refractivity contribution >= 4 is 10.0 Å². The Balaban J connectivity index is 2.27. The van der Waals surface area contributed by atoms with E-state index in [-0.39, 0.29) is 11.4 Å². The van der Waals surface area contributed by atoms with E-state index in [2.05, 4.69) is 4.72 Å². The number of benzene rings is 1. The van der Waals surface area contributed by atoms with Gasteiger partial charge in [0.1, 0.15) is 0 Å². The second-order valence-electron chi connectivity index (χ2n) is 4.05. The van der Waals surface area contributed by atoms with Crippen LogP contribution >= 0.6 is 0 Å². The number of hydrogen-bond donors (Lipinski definition) is 1. The molecule has 0 spiro atoms. The third-order valence-corrected chi connectivity index (χ3v) is 4.20. The number of aryl methyl sites for hydroxylation is 1. The van der Waals surface area contributed by atoms with Crippen molar-refractivity contribution in [3.8, 4) is 6.07 Å². The maximum absolute atomic E-state index is 12.2. The van der Waals surface area contributed by atoms with Crippen molar-refractivity contribution in [2.75, 3.05) is 0 Å². The zero-order chi connectivity index (χ0) is 13.9. The minimum atomic E-state index is -3.64. The molecule has 1 aromatic heterocycles. The molecule has 0 aliphatic rings. The van der Waals surface area contributed by atoms with Gasteiger partial charge in [-0.1, -0.05) is 6.07 Å². The molecule has 0 amide bonds. The quantitative estimate of drug-likeness (QED) is 0.925. The van der Waals surface area contributed by atoms with E-state index in [9.17, 15) is 8.42 Å². The second-order valence-corrected chi connectivity index (χ2v) is 5.78. The number of hydrogen-bond acceptors (Lipinski definition) is 4. The van der Waals surface area contributed by atoms with E-state index in [0.29, 0.717) is 11.1 Å². The van der Waals surface area contributed by atoms with Crippen LogP contribution in [-0.4, -0.2) is 8.42 Å². The Morgan fingerprint density at radius 1 is 1.37 bits per heavy atom. The van der Waals surface area contributed by atoms with Crippen LogP contribution < -0.4 is 4.72 Å². The smallest absolute Gasteiger partial charge is 0.241 e. The lowest BCUT2D eigenvalue weighted by atomic mass is 10.2. The van der Waals surface area contributed by atoms with Crippen LogP contribution in [-0.2, 0) is 16.6 Å². The predicted octanol–water partition coefficient (Wildman–Crippen LogP) is 1.94. The van der Waals surface area contributed by atoms with Gasteiger partial charge < -0.3 is 4.42 Å². The highest BCUT2D eigenvalue weighted by Crippen LogP contribution is 2.17. The summed E-state index contributed by atoms with van der Waals surface area (Å²) in [5.41, 5.74) is 1.64. The molecule has 6 heteroatoms. The average molecular weight is 276 g/mol. The fourth-order valence-electron chi connectivity index (χ4n) is 1.61. The summed E-state index contributed by atoms with van der Waals surface area (Å²) < 4.78 is 31.7. The van der Waals surface area contributed by atoms with Crippen molar-refractivity contribution in [1.82, 2.24) is 4.72 Å². The van der Waals surface area contributed by atoms with Gasteiger partial charge in [-0.3, -0.25) is 0 Å². The monoisotopic (exact) mass is 276 g/mol. The van der Waals surface area contributed by atoms with E-state index in [0.717, 1.165) is 5.56 Å². The molecule has 0 saturated carbocycles. The van der Waals surface area contributed by atoms with Gasteiger partial charge in [0.25, 0.3) is 0 Å². The molecule has 1 N–H and O–H groups in total. The third-order valence-electron chi connectivity index (χ3n) is 2.65. The molecule has 0 radical (unpaired) electrons. The van der Waals surface area contributed by atoms with Crippen molar-refractivity contribution in [2.24, 2.45) is 0 Å². The Kier molecular flexibility index (Phi) is 3.69. The maximum atomic E-state index is 12.2. The molecular formula is C13H12N2O3S. The standard InChI is InChI=1S/C13H12N2O3S/c1-10-2-3-11(7-14)6-13(10)19(16,17)15-8-12-4-5-18-9-12/h2-6,9,15H,8H2,1H3. The molecule has 0 unspecified atom stereocenters. The van der Waals surface area contributed by atoms with Crippen molar-refractivity contribution in [2.45, 2.75) is 18.4 Å². The van der Waals surface area contributed by atoms with E-state index in [1.54, 1.807) is 25.1 Å². The molecule has 5 nitrogen and oxygen atoms in total. The first kappa shape index (κ1) is 13.3. The van der Waals surface area contributed by atoms with Gasteiger partial charge in [0.2, 0.25) is 10.0 Å². The van der Waals surface area contributed by atoms with Gasteiger partial charge in [0.05, 0.1) is 29.1 Å². The summed E-state index contributed by atoms with van der Waals surface area (Å²) in [6, 6.07) is 8.18. The fraction of sp³-hybridized carbons (Fsp3) is 0.154. The molecule has 19 heavy (non-hydrogen) atoms. The van der Waals surface area contributed by atoms with Crippen LogP contribution in [0.25, 0.3) is 0 Å². The molecule has 1 heterocycles. The van der Waals surface area contributed by atoms with E-state index in [4.69, 9.17) is 9.68 Å². The molecule has 2 aromatic rings. The van der Waals surface area contributed by atoms with Crippen LogP contribution in [0.3, 0.4) is 0 Å². The van der Waals surface area contributed by atoms with Gasteiger partial charge in [0, 0.05) is 12.1 Å². The van der Waals surface area contributed by atoms with E-state index >= 15 is 0 Å². The molecule has 0 bridgehead atoms. The topological polar surface area (TPSA) is 83.1 Å². The SMILES string of the molecule is Cc1ccc(C#N)cc1S(=O)(=O)NCc1ccoc1. The first-order valence-corrected chi connectivity index (χ1v) is 7.03. The Bertz CT molecular complexity index is 713. The molecule has 0 saturated heterocycles. The fourth-order valence-corrected chi connectivity index (χ4v) is 2.89. The van der Waals surface area contributed by atoms with Crippen LogP contribution in [0.1, 0.15) is 16.7 Å². The summed E-state index contributed by atoms with van der Waals surface area (Å²) in [5.74, 6) is 0. The van der Waals surface area contributed by atoms with Gasteiger partial charge in [0.15, 0.2) is 0 Å². The zero-order valence-corrected chi connectivity index (χ0v) is 11.1. The van der Waals surface area contributed by atoms with Gasteiger partial charge in [-0.05, 0) is 30.7 Å². The average Bonchev–Trinajstić information content (AvgIpc) is 2.90. The highest BCUT2D eigenvalue weighted by atomic mass is 32.2. The van der Waals surface area contributed by atoms with Gasteiger partial charge in [-0.25, -0.2) is 13.1 Å². The Labute approximate surface area is 111 Å². The lowest BCUT2D eigenvalue weighted by molar-refractivity contribution is 0.561. The molecular weight excluding hydrogens is 264 g/mol. The van der Waals surface area contributed by atoms with Crippen molar-refractivity contribution in [1.29, 1.82) is 5.26 Å². The highest BCUT2D eigenvalue weighted by molar-refractivity contribution is 7.89. The van der Waals surface area contributed by atoms with Crippen LogP contribution in [0, 0.1) is 18.3 Å². The number of nitriles is 1. The largest absolute Gasteiger partial charge is 0.472 e. The van der Waals surface area contributed by atoms with Crippen LogP contribution in [0.5, 0.6) is 0 Å². The van der Waals surface area contributed by atoms with Crippen molar-refractivity contribution < 1.29 is 12.8 Å². The van der Waals surface area contributed by atoms with Gasteiger partial charge in [-0.15, -0.1) is 0 Å². The van der Waals surface area contributed by atoms with E-state index in [1.165, 1.54) is 18.6 Å². The van der Waals surface area contributed by atoms with Gasteiger partial charge >= 0.3 is 0 Å². The van der Waals surface area contributed by atoms with Crippen LogP contribution in [0.15, 0.2) is 46.1 Å². The predicted molar refractivity (Wildman–Crippen MR) is 68.6 cm³/mol. The van der Waals surface area contributed by atoms with Crippen LogP contribution in [0.2, 0.25) is 0 Å². The summed E-state index contributed by atoms with van der Waals surface area (Å²) in [6.45, 7) is 1.84. The summed E-state index contributed by atoms with van der Waals surface area (Å²) in [6.07, 6.45) is 2.95. The highest BCUT2D eigenvalue weighted by Gasteiger charge is 2.17. The minimum Gasteiger partial charge on any atom is -0.472 e. The first-order chi connectivity index (χ1) is 9.03. The molecule has 0 atom stereocenters. The number of nitrogens with one attached hydrogen (secondary N) is 1. The summed E-state index contributed by atoms with van der Waals surface area (Å²) in [4.78, 5) is 0.120. The number of nitrogens with zero attached hydrogens (tertiary/aromatic N) is 1. The molecule has 1 aromatic carbocycles. The summed E-state index contributed by atoms with van der Waals surface area (Å²) in [5, 5.41) is 8.82. The van der Waals surface area contributed by atoms with Crippen LogP contribution in [0.4, 0.5) is 0 Å². The number of sulfonamides is 1. The Hall–Kier alpha value is -2.10. The molecule has 0 fully saturated rings. The van der Waals surface area contributed by atoms with E-state index in [1.807, 2.05) is 6.07 Å². The maximum Gasteiger partial charge on any atom is 0.241 e. The normalized spacial score (nSPS) is 11.2. The lowest BCUT2D eigenvalue weighted by Crippen LogP contribution is -2.23. The Morgan fingerprint density at radius 3 is 2.79 bits per heavy atom. The van der Waals surface area contributed by atoms with E-state index < -0.39 is 10.0 Å². The van der Waals surface area contributed by atoms with Crippen molar-refractivity contribution in [3.05, 3.63) is 53.5 Å². The first-order valence-electron chi connectivity index (χ1n) is 5.54. The summed E-state index contributed by atoms with van der Waals surface area (Å²) >= 11 is 0. The summed E-state index contributed by atoms with van der Waals surface area (Å²) in [7, 11) is -3.64. The number of furan rings is 1.